The molecule has 5 aromatic rings. The average molecular weight is 554 g/mol. The number of methoxy groups -OCH3 is 1. The number of carbonyl (C=O) groups excluding carboxylic acids is 1. The van der Waals surface area contributed by atoms with Crippen molar-refractivity contribution in [1.82, 2.24) is 24.1 Å². The van der Waals surface area contributed by atoms with Gasteiger partial charge in [-0.05, 0) is 42.8 Å². The van der Waals surface area contributed by atoms with Gasteiger partial charge < -0.3 is 14.8 Å². The number of hydrogen-bond donors (Lipinski definition) is 1. The molecule has 0 aliphatic rings. The molecule has 204 valence electrons. The summed E-state index contributed by atoms with van der Waals surface area (Å²) in [5.41, 5.74) is -2.70. The first-order valence-corrected chi connectivity index (χ1v) is 11.5. The number of alkyl halides is 3. The molecule has 40 heavy (non-hydrogen) atoms. The molecule has 0 spiro atoms. The number of rotatable bonds is 6. The first-order chi connectivity index (χ1) is 19.1. The van der Waals surface area contributed by atoms with Crippen LogP contribution in [0.25, 0.3) is 11.2 Å². The number of fused-ring (bicyclic) bond motifs is 1. The van der Waals surface area contributed by atoms with Gasteiger partial charge in [-0.1, -0.05) is 0 Å². The number of nitrogens with zero attached hydrogens (tertiary/aromatic N) is 5. The summed E-state index contributed by atoms with van der Waals surface area (Å²) in [5.74, 6) is -1.91. The van der Waals surface area contributed by atoms with Gasteiger partial charge in [0.2, 0.25) is 11.8 Å². The molecule has 0 atom stereocenters. The van der Waals surface area contributed by atoms with Crippen molar-refractivity contribution in [3.05, 3.63) is 100 Å². The molecule has 0 fully saturated rings. The van der Waals surface area contributed by atoms with Gasteiger partial charge in [0.25, 0.3) is 11.5 Å². The number of benzene rings is 1. The number of aryl methyl sites for hydroxylation is 1. The van der Waals surface area contributed by atoms with Gasteiger partial charge in [0, 0.05) is 30.2 Å². The Morgan fingerprint density at radius 2 is 1.85 bits per heavy atom. The van der Waals surface area contributed by atoms with Crippen molar-refractivity contribution in [2.45, 2.75) is 13.1 Å². The molecule has 10 nitrogen and oxygen atoms in total. The molecule has 4 heterocycles. The molecule has 0 saturated carbocycles. The van der Waals surface area contributed by atoms with Crippen molar-refractivity contribution >= 4 is 17.1 Å². The molecule has 0 aliphatic heterocycles. The predicted molar refractivity (Wildman–Crippen MR) is 134 cm³/mol. The summed E-state index contributed by atoms with van der Waals surface area (Å²) >= 11 is 0. The molecule has 0 saturated heterocycles. The number of hydrogen-bond acceptors (Lipinski definition) is 7. The van der Waals surface area contributed by atoms with Gasteiger partial charge in [0.05, 0.1) is 25.2 Å². The van der Waals surface area contributed by atoms with Crippen molar-refractivity contribution in [1.29, 1.82) is 0 Å². The second-order valence-corrected chi connectivity index (χ2v) is 8.38. The van der Waals surface area contributed by atoms with E-state index in [1.54, 1.807) is 12.3 Å². The Kier molecular flexibility index (Phi) is 6.67. The number of ether oxygens (including phenoxy) is 2. The predicted octanol–water partition coefficient (Wildman–Crippen LogP) is 4.79. The quantitative estimate of drug-likeness (QED) is 0.300. The largest absolute Gasteiger partial charge is 0.481 e. The van der Waals surface area contributed by atoms with Crippen molar-refractivity contribution < 1.29 is 31.8 Å². The minimum absolute atomic E-state index is 0.0708. The van der Waals surface area contributed by atoms with E-state index in [1.807, 2.05) is 0 Å². The fourth-order valence-corrected chi connectivity index (χ4v) is 3.92. The third-order valence-electron chi connectivity index (χ3n) is 5.81. The molecule has 1 amide bonds. The number of halogens is 4. The smallest absolute Gasteiger partial charge is 0.431 e. The number of aromatic nitrogens is 5. The highest BCUT2D eigenvalue weighted by Crippen LogP contribution is 2.32. The van der Waals surface area contributed by atoms with Crippen LogP contribution in [0.4, 0.5) is 23.2 Å². The van der Waals surface area contributed by atoms with Crippen LogP contribution >= 0.6 is 0 Å². The van der Waals surface area contributed by atoms with E-state index >= 15 is 0 Å². The van der Waals surface area contributed by atoms with Crippen LogP contribution in [0.1, 0.15) is 21.6 Å². The number of pyridine rings is 2. The summed E-state index contributed by atoms with van der Waals surface area (Å²) < 4.78 is 68.6. The number of amides is 1. The van der Waals surface area contributed by atoms with E-state index in [0.717, 1.165) is 18.3 Å². The molecule has 4 aromatic heterocycles. The fraction of sp³-hybridized carbons (Fsp3) is 0.115. The third kappa shape index (κ3) is 4.93. The lowest BCUT2D eigenvalue weighted by Crippen LogP contribution is -2.33. The Hall–Kier alpha value is -5.27. The molecule has 5 rings (SSSR count). The van der Waals surface area contributed by atoms with E-state index in [9.17, 15) is 27.2 Å². The highest BCUT2D eigenvalue weighted by Gasteiger charge is 2.36. The minimum Gasteiger partial charge on any atom is -0.481 e. The molecule has 1 N–H and O–H groups in total. The molecule has 0 unspecified atom stereocenters. The number of anilines is 1. The van der Waals surface area contributed by atoms with Gasteiger partial charge in [-0.15, -0.1) is 0 Å². The Labute approximate surface area is 222 Å². The zero-order valence-electron chi connectivity index (χ0n) is 20.7. The van der Waals surface area contributed by atoms with E-state index < -0.39 is 34.7 Å². The summed E-state index contributed by atoms with van der Waals surface area (Å²) in [5, 5.41) is 6.37. The Morgan fingerprint density at radius 1 is 1.05 bits per heavy atom. The number of carbonyl (C=O) groups is 1. The van der Waals surface area contributed by atoms with Crippen molar-refractivity contribution in [3.63, 3.8) is 0 Å². The first-order valence-electron chi connectivity index (χ1n) is 11.5. The third-order valence-corrected chi connectivity index (χ3v) is 5.81. The lowest BCUT2D eigenvalue weighted by molar-refractivity contribution is -0.142. The minimum atomic E-state index is -4.92. The van der Waals surface area contributed by atoms with Crippen LogP contribution in [0.3, 0.4) is 0 Å². The van der Waals surface area contributed by atoms with Crippen LogP contribution in [0.15, 0.2) is 72.0 Å². The maximum Gasteiger partial charge on any atom is 0.431 e. The molecule has 14 heteroatoms. The lowest BCUT2D eigenvalue weighted by atomic mass is 10.1. The zero-order valence-corrected chi connectivity index (χ0v) is 20.7. The van der Waals surface area contributed by atoms with E-state index in [1.165, 1.54) is 49.1 Å². The maximum atomic E-state index is 14.8. The molecule has 1 aromatic carbocycles. The standard InChI is InChI=1S/C26H18F4N6O4/c1-14-11-22(39-2)32-13-19(14)36-21(26(28,29)30)6-4-16(25(36)38)23(37)34-15-3-5-20(17(27)12-15)40-24-18-7-8-33-35(18)10-9-31-24/h3-13H,1-2H3,(H,34,37). The second kappa shape index (κ2) is 10.1. The zero-order chi connectivity index (χ0) is 28.6. The van der Waals surface area contributed by atoms with Crippen LogP contribution in [0.5, 0.6) is 17.5 Å². The fourth-order valence-electron chi connectivity index (χ4n) is 3.92. The Bertz CT molecular complexity index is 1820. The summed E-state index contributed by atoms with van der Waals surface area (Å²) in [6, 6.07) is 7.80. The number of nitrogens with one attached hydrogen (secondary N) is 1. The topological polar surface area (TPSA) is 113 Å². The molecular formula is C26H18F4N6O4. The van der Waals surface area contributed by atoms with E-state index in [0.29, 0.717) is 16.2 Å². The highest BCUT2D eigenvalue weighted by molar-refractivity contribution is 6.04. The summed E-state index contributed by atoms with van der Waals surface area (Å²) in [6.45, 7) is 1.47. The lowest BCUT2D eigenvalue weighted by Gasteiger charge is -2.18. The molecule has 0 radical (unpaired) electrons. The van der Waals surface area contributed by atoms with E-state index in [2.05, 4.69) is 20.4 Å². The summed E-state index contributed by atoms with van der Waals surface area (Å²) in [7, 11) is 1.33. The van der Waals surface area contributed by atoms with Gasteiger partial charge in [0.1, 0.15) is 16.8 Å². The van der Waals surface area contributed by atoms with Gasteiger partial charge in [-0.3, -0.25) is 14.2 Å². The van der Waals surface area contributed by atoms with Crippen molar-refractivity contribution in [3.8, 4) is 23.2 Å². The van der Waals surface area contributed by atoms with E-state index in [-0.39, 0.29) is 34.4 Å². The molecule has 0 aliphatic carbocycles. The Balaban J connectivity index is 1.46. The van der Waals surface area contributed by atoms with Crippen molar-refractivity contribution in [2.75, 3.05) is 12.4 Å². The van der Waals surface area contributed by atoms with Gasteiger partial charge in [-0.25, -0.2) is 18.9 Å². The monoisotopic (exact) mass is 554 g/mol. The summed E-state index contributed by atoms with van der Waals surface area (Å²) in [4.78, 5) is 34.1. The van der Waals surface area contributed by atoms with Crippen LogP contribution < -0.4 is 20.3 Å². The second-order valence-electron chi connectivity index (χ2n) is 8.38. The first kappa shape index (κ1) is 26.3. The normalized spacial score (nSPS) is 11.4. The maximum absolute atomic E-state index is 14.8. The van der Waals surface area contributed by atoms with Gasteiger partial charge in [-0.2, -0.15) is 18.3 Å². The van der Waals surface area contributed by atoms with Crippen LogP contribution in [-0.4, -0.2) is 37.2 Å². The van der Waals surface area contributed by atoms with Crippen LogP contribution in [-0.2, 0) is 6.18 Å². The van der Waals surface area contributed by atoms with Gasteiger partial charge >= 0.3 is 6.18 Å². The van der Waals surface area contributed by atoms with Gasteiger partial charge in [0.15, 0.2) is 11.6 Å². The average Bonchev–Trinajstić information content (AvgIpc) is 3.39. The molecule has 0 bridgehead atoms. The highest BCUT2D eigenvalue weighted by atomic mass is 19.4. The van der Waals surface area contributed by atoms with Crippen molar-refractivity contribution in [2.24, 2.45) is 0 Å². The Morgan fingerprint density at radius 3 is 2.55 bits per heavy atom. The van der Waals surface area contributed by atoms with Crippen LogP contribution in [0, 0.1) is 12.7 Å². The molecular weight excluding hydrogens is 536 g/mol. The van der Waals surface area contributed by atoms with Crippen LogP contribution in [0.2, 0.25) is 0 Å². The van der Waals surface area contributed by atoms with E-state index in [4.69, 9.17) is 9.47 Å². The SMILES string of the molecule is COc1cc(C)c(-n2c(C(F)(F)F)ccc(C(=O)Nc3ccc(Oc4nccn5nccc45)c(F)c3)c2=O)cn1. The summed E-state index contributed by atoms with van der Waals surface area (Å²) in [6.07, 6.45) is 0.636.